The fourth-order valence-corrected chi connectivity index (χ4v) is 8.28. The van der Waals surface area contributed by atoms with Crippen LogP contribution in [0.2, 0.25) is 0 Å². The summed E-state index contributed by atoms with van der Waals surface area (Å²) in [6.45, 7) is 0. The molecular weight excluding hydrogens is 693 g/mol. The molecule has 0 radical (unpaired) electrons. The van der Waals surface area contributed by atoms with Crippen LogP contribution in [0, 0.1) is 0 Å². The Balaban J connectivity index is 1.11. The molecule has 0 bridgehead atoms. The van der Waals surface area contributed by atoms with E-state index in [0.717, 1.165) is 77.8 Å². The van der Waals surface area contributed by atoms with Gasteiger partial charge in [-0.3, -0.25) is 0 Å². The van der Waals surface area contributed by atoms with Crippen LogP contribution in [0.15, 0.2) is 206 Å². The highest BCUT2D eigenvalue weighted by Gasteiger charge is 2.17. The van der Waals surface area contributed by atoms with Crippen molar-refractivity contribution in [2.24, 2.45) is 0 Å². The first-order valence-corrected chi connectivity index (χ1v) is 19.3. The molecule has 3 heterocycles. The van der Waals surface area contributed by atoms with Crippen molar-refractivity contribution in [1.29, 1.82) is 0 Å². The van der Waals surface area contributed by atoms with Gasteiger partial charge in [0.1, 0.15) is 0 Å². The zero-order valence-electron chi connectivity index (χ0n) is 30.9. The van der Waals surface area contributed by atoms with Crippen LogP contribution in [-0.2, 0) is 0 Å². The molecule has 0 aliphatic heterocycles. The van der Waals surface area contributed by atoms with Gasteiger partial charge in [-0.05, 0) is 70.4 Å². The molecule has 0 aliphatic carbocycles. The number of rotatable bonds is 6. The Labute approximate surface area is 330 Å². The monoisotopic (exact) mass is 726 g/mol. The Morgan fingerprint density at radius 3 is 1.56 bits per heavy atom. The van der Waals surface area contributed by atoms with Gasteiger partial charge in [0.05, 0.1) is 33.6 Å². The minimum Gasteiger partial charge on any atom is -0.309 e. The Morgan fingerprint density at radius 2 is 0.877 bits per heavy atom. The van der Waals surface area contributed by atoms with Gasteiger partial charge < -0.3 is 4.57 Å². The van der Waals surface area contributed by atoms with Gasteiger partial charge in [-0.1, -0.05) is 158 Å². The number of hydrogen-bond donors (Lipinski definition) is 0. The summed E-state index contributed by atoms with van der Waals surface area (Å²) in [7, 11) is 0. The second kappa shape index (κ2) is 13.6. The molecule has 0 N–H and O–H groups in total. The van der Waals surface area contributed by atoms with Crippen molar-refractivity contribution in [2.45, 2.75) is 0 Å². The summed E-state index contributed by atoms with van der Waals surface area (Å²) in [5.41, 5.74) is 13.4. The van der Waals surface area contributed by atoms with E-state index < -0.39 is 0 Å². The lowest BCUT2D eigenvalue weighted by atomic mass is 9.93. The smallest absolute Gasteiger partial charge is 0.160 e. The number of pyridine rings is 1. The van der Waals surface area contributed by atoms with E-state index in [2.05, 4.69) is 187 Å². The van der Waals surface area contributed by atoms with E-state index in [1.807, 2.05) is 24.3 Å². The number of benzene rings is 8. The summed E-state index contributed by atoms with van der Waals surface area (Å²) in [6.07, 6.45) is 0. The first-order valence-electron chi connectivity index (χ1n) is 19.3. The molecule has 11 aromatic rings. The number of nitrogens with zero attached hydrogens (tertiary/aromatic N) is 4. The lowest BCUT2D eigenvalue weighted by Crippen LogP contribution is -1.98. The van der Waals surface area contributed by atoms with Crippen LogP contribution >= 0.6 is 0 Å². The largest absolute Gasteiger partial charge is 0.309 e. The van der Waals surface area contributed by atoms with Gasteiger partial charge in [-0.2, -0.15) is 0 Å². The topological polar surface area (TPSA) is 43.6 Å². The van der Waals surface area contributed by atoms with Crippen LogP contribution in [0.4, 0.5) is 0 Å². The number of fused-ring (bicyclic) bond motifs is 6. The highest BCUT2D eigenvalue weighted by Crippen LogP contribution is 2.39. The molecule has 4 heteroatoms. The van der Waals surface area contributed by atoms with Crippen LogP contribution in [0.3, 0.4) is 0 Å². The summed E-state index contributed by atoms with van der Waals surface area (Å²) in [5, 5.41) is 5.87. The van der Waals surface area contributed by atoms with E-state index in [0.29, 0.717) is 5.82 Å². The highest BCUT2D eigenvalue weighted by molar-refractivity contribution is 6.15. The van der Waals surface area contributed by atoms with Gasteiger partial charge in [-0.15, -0.1) is 0 Å². The molecule has 8 aromatic carbocycles. The fraction of sp³-hybridized carbons (Fsp3) is 0. The molecule has 0 spiro atoms. The minimum absolute atomic E-state index is 0.683. The molecule has 0 fully saturated rings. The van der Waals surface area contributed by atoms with E-state index in [-0.39, 0.29) is 0 Å². The maximum absolute atomic E-state index is 5.24. The van der Waals surface area contributed by atoms with Gasteiger partial charge >= 0.3 is 0 Å². The maximum atomic E-state index is 5.24. The molecule has 0 aliphatic rings. The second-order valence-corrected chi connectivity index (χ2v) is 14.4. The summed E-state index contributed by atoms with van der Waals surface area (Å²) >= 11 is 0. The van der Waals surface area contributed by atoms with E-state index in [4.69, 9.17) is 15.0 Å². The van der Waals surface area contributed by atoms with Crippen molar-refractivity contribution in [3.8, 4) is 62.0 Å². The van der Waals surface area contributed by atoms with E-state index in [9.17, 15) is 0 Å². The van der Waals surface area contributed by atoms with E-state index in [1.165, 1.54) is 21.8 Å². The first-order chi connectivity index (χ1) is 28.2. The molecule has 0 amide bonds. The molecular formula is C53H34N4. The van der Waals surface area contributed by atoms with Gasteiger partial charge in [-0.25, -0.2) is 15.0 Å². The lowest BCUT2D eigenvalue weighted by Gasteiger charge is -2.15. The Bertz CT molecular complexity index is 3230. The molecule has 4 nitrogen and oxygen atoms in total. The number of hydrogen-bond acceptors (Lipinski definition) is 3. The predicted octanol–water partition coefficient (Wildman–Crippen LogP) is 13.6. The van der Waals surface area contributed by atoms with Crippen LogP contribution in [0.25, 0.3) is 105 Å². The highest BCUT2D eigenvalue weighted by atomic mass is 15.0. The van der Waals surface area contributed by atoms with Crippen molar-refractivity contribution in [3.63, 3.8) is 0 Å². The summed E-state index contributed by atoms with van der Waals surface area (Å²) < 4.78 is 2.35. The van der Waals surface area contributed by atoms with Crippen molar-refractivity contribution >= 4 is 43.5 Å². The second-order valence-electron chi connectivity index (χ2n) is 14.4. The maximum Gasteiger partial charge on any atom is 0.160 e. The van der Waals surface area contributed by atoms with Crippen molar-refractivity contribution in [2.75, 3.05) is 0 Å². The summed E-state index contributed by atoms with van der Waals surface area (Å²) in [6, 6.07) is 72.6. The quantitative estimate of drug-likeness (QED) is 0.160. The molecule has 0 saturated carbocycles. The van der Waals surface area contributed by atoms with Gasteiger partial charge in [0.2, 0.25) is 0 Å². The lowest BCUT2D eigenvalue weighted by molar-refractivity contribution is 1.16. The Hall–Kier alpha value is -7.69. The molecule has 11 rings (SSSR count). The molecule has 266 valence electrons. The molecule has 0 atom stereocenters. The zero-order valence-corrected chi connectivity index (χ0v) is 30.9. The Morgan fingerprint density at radius 1 is 0.333 bits per heavy atom. The fourth-order valence-electron chi connectivity index (χ4n) is 8.28. The van der Waals surface area contributed by atoms with E-state index in [1.54, 1.807) is 0 Å². The summed E-state index contributed by atoms with van der Waals surface area (Å²) in [4.78, 5) is 15.7. The SMILES string of the molecule is c1ccc(-c2cc(-c3ccccc3)c3c(ccc4ccc(-c5cc(-c6cccc(-n7c8ccccc8c8ccccc87)c6)nc(-c6ccccc6)n5)cc43)n2)cc1. The predicted molar refractivity (Wildman–Crippen MR) is 236 cm³/mol. The van der Waals surface area contributed by atoms with E-state index >= 15 is 0 Å². The average Bonchev–Trinajstić information content (AvgIpc) is 3.63. The van der Waals surface area contributed by atoms with Gasteiger partial charge in [0, 0.05) is 44.1 Å². The third-order valence-electron chi connectivity index (χ3n) is 11.0. The molecule has 0 saturated heterocycles. The van der Waals surface area contributed by atoms with Crippen LogP contribution in [-0.4, -0.2) is 19.5 Å². The van der Waals surface area contributed by atoms with Gasteiger partial charge in [0.25, 0.3) is 0 Å². The third kappa shape index (κ3) is 5.74. The molecule has 3 aromatic heterocycles. The molecule has 0 unspecified atom stereocenters. The zero-order chi connectivity index (χ0) is 37.7. The Kier molecular flexibility index (Phi) is 7.78. The molecule has 57 heavy (non-hydrogen) atoms. The van der Waals surface area contributed by atoms with Crippen LogP contribution in [0.1, 0.15) is 0 Å². The van der Waals surface area contributed by atoms with Gasteiger partial charge in [0.15, 0.2) is 5.82 Å². The normalized spacial score (nSPS) is 11.5. The van der Waals surface area contributed by atoms with Crippen LogP contribution < -0.4 is 0 Å². The van der Waals surface area contributed by atoms with Crippen molar-refractivity contribution < 1.29 is 0 Å². The standard InChI is InChI=1S/C53H34N4/c1-4-15-35(16-5-1)45-33-47(37-17-6-2-7-18-37)54-46-30-29-36-27-28-40(32-44(36)52(45)46)49-34-48(55-53(56-49)38-19-8-3-9-20-38)39-21-14-22-41(31-39)57-50-25-12-10-23-42(50)43-24-11-13-26-51(43)57/h1-34H. The van der Waals surface area contributed by atoms with Crippen LogP contribution in [0.5, 0.6) is 0 Å². The average molecular weight is 727 g/mol. The van der Waals surface area contributed by atoms with Crippen molar-refractivity contribution in [3.05, 3.63) is 206 Å². The minimum atomic E-state index is 0.683. The summed E-state index contributed by atoms with van der Waals surface area (Å²) in [5.74, 6) is 0.683. The number of aromatic nitrogens is 4. The number of para-hydroxylation sites is 2. The third-order valence-corrected chi connectivity index (χ3v) is 11.0. The first kappa shape index (κ1) is 32.7. The van der Waals surface area contributed by atoms with Crippen molar-refractivity contribution in [1.82, 2.24) is 19.5 Å².